The van der Waals surface area contributed by atoms with Crippen molar-refractivity contribution in [3.05, 3.63) is 66.0 Å². The van der Waals surface area contributed by atoms with Gasteiger partial charge < -0.3 is 0 Å². The molecular weight excluding hydrogens is 307 g/mol. The Kier molecular flexibility index (Phi) is 4.51. The summed E-state index contributed by atoms with van der Waals surface area (Å²) >= 11 is 0. The van der Waals surface area contributed by atoms with Gasteiger partial charge in [0.2, 0.25) is 0 Å². The molecule has 2 aromatic rings. The molecule has 0 bridgehead atoms. The molecule has 24 heavy (non-hydrogen) atoms. The largest absolute Gasteiger partial charge is 0.293 e. The molecule has 122 valence electrons. The maximum atomic E-state index is 13.1. The van der Waals surface area contributed by atoms with Crippen molar-refractivity contribution in [1.29, 1.82) is 0 Å². The molecule has 2 aromatic carbocycles. The zero-order chi connectivity index (χ0) is 17.1. The molecule has 0 aromatic heterocycles. The quantitative estimate of drug-likeness (QED) is 0.620. The van der Waals surface area contributed by atoms with Gasteiger partial charge in [0, 0.05) is 5.56 Å². The number of carbonyl (C=O) groups is 2. The van der Waals surface area contributed by atoms with Crippen molar-refractivity contribution < 1.29 is 14.0 Å². The van der Waals surface area contributed by atoms with E-state index < -0.39 is 5.92 Å². The van der Waals surface area contributed by atoms with Crippen LogP contribution in [0.4, 0.5) is 10.1 Å². The number of ketones is 1. The number of halogens is 1. The number of hydrogen-bond acceptors (Lipinski definition) is 3. The molecule has 0 saturated carbocycles. The Morgan fingerprint density at radius 3 is 2.42 bits per heavy atom. The highest BCUT2D eigenvalue weighted by Gasteiger charge is 2.41. The van der Waals surface area contributed by atoms with Gasteiger partial charge in [0.05, 0.1) is 11.4 Å². The SMILES string of the molecule is CCCC1=NN(c2ccc(F)cc2)C(=O)[C@H]1C(=O)c1ccccc1. The highest BCUT2D eigenvalue weighted by atomic mass is 19.1. The average molecular weight is 324 g/mol. The van der Waals surface area contributed by atoms with E-state index in [-0.39, 0.29) is 17.5 Å². The van der Waals surface area contributed by atoms with E-state index in [1.807, 2.05) is 13.0 Å². The highest BCUT2D eigenvalue weighted by Crippen LogP contribution is 2.28. The molecule has 1 aliphatic rings. The van der Waals surface area contributed by atoms with E-state index >= 15 is 0 Å². The van der Waals surface area contributed by atoms with Gasteiger partial charge in [-0.3, -0.25) is 9.59 Å². The third kappa shape index (κ3) is 2.97. The molecule has 0 spiro atoms. The Morgan fingerprint density at radius 1 is 1.12 bits per heavy atom. The molecule has 5 heteroatoms. The molecule has 0 radical (unpaired) electrons. The summed E-state index contributed by atoms with van der Waals surface area (Å²) in [5.74, 6) is -1.94. The third-order valence-corrected chi connectivity index (χ3v) is 3.92. The van der Waals surface area contributed by atoms with Gasteiger partial charge in [-0.25, -0.2) is 4.39 Å². The van der Waals surface area contributed by atoms with Crippen LogP contribution < -0.4 is 5.01 Å². The summed E-state index contributed by atoms with van der Waals surface area (Å²) in [5.41, 5.74) is 1.50. The van der Waals surface area contributed by atoms with Crippen LogP contribution in [0.3, 0.4) is 0 Å². The van der Waals surface area contributed by atoms with Gasteiger partial charge in [-0.05, 0) is 30.7 Å². The van der Waals surface area contributed by atoms with E-state index in [9.17, 15) is 14.0 Å². The number of Topliss-reactive ketones (excluding diaryl/α,β-unsaturated/α-hetero) is 1. The van der Waals surface area contributed by atoms with Gasteiger partial charge in [-0.2, -0.15) is 10.1 Å². The van der Waals surface area contributed by atoms with Crippen molar-refractivity contribution in [2.24, 2.45) is 11.0 Å². The van der Waals surface area contributed by atoms with Crippen molar-refractivity contribution in [2.45, 2.75) is 19.8 Å². The van der Waals surface area contributed by atoms with E-state index in [1.165, 1.54) is 29.3 Å². The van der Waals surface area contributed by atoms with Crippen LogP contribution in [0.5, 0.6) is 0 Å². The molecular formula is C19H17FN2O2. The second-order valence-corrected chi connectivity index (χ2v) is 5.63. The second-order valence-electron chi connectivity index (χ2n) is 5.63. The molecule has 0 fully saturated rings. The lowest BCUT2D eigenvalue weighted by atomic mass is 9.91. The fourth-order valence-corrected chi connectivity index (χ4v) is 2.75. The molecule has 1 heterocycles. The first kappa shape index (κ1) is 16.1. The Hall–Kier alpha value is -2.82. The third-order valence-electron chi connectivity index (χ3n) is 3.92. The lowest BCUT2D eigenvalue weighted by Gasteiger charge is -2.14. The zero-order valence-electron chi connectivity index (χ0n) is 13.3. The molecule has 0 saturated heterocycles. The van der Waals surface area contributed by atoms with Gasteiger partial charge in [0.1, 0.15) is 11.7 Å². The summed E-state index contributed by atoms with van der Waals surface area (Å²) < 4.78 is 13.1. The minimum absolute atomic E-state index is 0.252. The summed E-state index contributed by atoms with van der Waals surface area (Å²) in [6, 6.07) is 14.2. The van der Waals surface area contributed by atoms with E-state index in [0.717, 1.165) is 6.42 Å². The fourth-order valence-electron chi connectivity index (χ4n) is 2.75. The van der Waals surface area contributed by atoms with Gasteiger partial charge in [0.25, 0.3) is 5.91 Å². The lowest BCUT2D eigenvalue weighted by Crippen LogP contribution is -2.33. The van der Waals surface area contributed by atoms with Gasteiger partial charge in [0.15, 0.2) is 5.78 Å². The molecule has 1 aliphatic heterocycles. The summed E-state index contributed by atoms with van der Waals surface area (Å²) in [6.07, 6.45) is 1.34. The fraction of sp³-hybridized carbons (Fsp3) is 0.211. The maximum Gasteiger partial charge on any atom is 0.264 e. The van der Waals surface area contributed by atoms with Crippen molar-refractivity contribution in [2.75, 3.05) is 5.01 Å². The number of rotatable bonds is 5. The molecule has 1 atom stereocenters. The van der Waals surface area contributed by atoms with Crippen LogP contribution in [0.25, 0.3) is 0 Å². The summed E-state index contributed by atoms with van der Waals surface area (Å²) in [7, 11) is 0. The first-order valence-corrected chi connectivity index (χ1v) is 7.88. The Morgan fingerprint density at radius 2 is 1.79 bits per heavy atom. The number of hydrazone groups is 1. The summed E-state index contributed by atoms with van der Waals surface area (Å²) in [5, 5.41) is 5.55. The smallest absolute Gasteiger partial charge is 0.264 e. The van der Waals surface area contributed by atoms with Crippen molar-refractivity contribution in [3.63, 3.8) is 0 Å². The van der Waals surface area contributed by atoms with Crippen LogP contribution in [0.2, 0.25) is 0 Å². The van der Waals surface area contributed by atoms with Crippen LogP contribution >= 0.6 is 0 Å². The van der Waals surface area contributed by atoms with E-state index in [1.54, 1.807) is 24.3 Å². The second kappa shape index (κ2) is 6.74. The van der Waals surface area contributed by atoms with E-state index in [0.29, 0.717) is 23.4 Å². The van der Waals surface area contributed by atoms with Crippen molar-refractivity contribution in [1.82, 2.24) is 0 Å². The number of hydrogen-bond donors (Lipinski definition) is 0. The summed E-state index contributed by atoms with van der Waals surface area (Å²) in [6.45, 7) is 1.97. The first-order chi connectivity index (χ1) is 11.6. The first-order valence-electron chi connectivity index (χ1n) is 7.88. The average Bonchev–Trinajstić information content (AvgIpc) is 2.92. The predicted molar refractivity (Wildman–Crippen MR) is 90.5 cm³/mol. The molecule has 0 aliphatic carbocycles. The molecule has 4 nitrogen and oxygen atoms in total. The molecule has 0 N–H and O–H groups in total. The Bertz CT molecular complexity index is 785. The number of benzene rings is 2. The highest BCUT2D eigenvalue weighted by molar-refractivity contribution is 6.30. The Balaban J connectivity index is 1.95. The van der Waals surface area contributed by atoms with Gasteiger partial charge in [-0.1, -0.05) is 43.7 Å². The standard InChI is InChI=1S/C19H17FN2O2/c1-2-6-16-17(18(23)13-7-4-3-5-8-13)19(24)22(21-16)15-11-9-14(20)10-12-15/h3-5,7-12,17H,2,6H2,1H3/t17-/m1/s1. The van der Waals surface area contributed by atoms with Crippen LogP contribution in [0.15, 0.2) is 59.7 Å². The number of nitrogens with zero attached hydrogens (tertiary/aromatic N) is 2. The normalized spacial score (nSPS) is 17.1. The lowest BCUT2D eigenvalue weighted by molar-refractivity contribution is -0.118. The maximum absolute atomic E-state index is 13.1. The minimum atomic E-state index is -0.905. The summed E-state index contributed by atoms with van der Waals surface area (Å²) in [4.78, 5) is 25.6. The monoisotopic (exact) mass is 324 g/mol. The topological polar surface area (TPSA) is 49.7 Å². The van der Waals surface area contributed by atoms with E-state index in [2.05, 4.69) is 5.10 Å². The number of carbonyl (C=O) groups excluding carboxylic acids is 2. The van der Waals surface area contributed by atoms with Gasteiger partial charge >= 0.3 is 0 Å². The van der Waals surface area contributed by atoms with Crippen LogP contribution in [-0.4, -0.2) is 17.4 Å². The zero-order valence-corrected chi connectivity index (χ0v) is 13.3. The van der Waals surface area contributed by atoms with Crippen LogP contribution in [-0.2, 0) is 4.79 Å². The minimum Gasteiger partial charge on any atom is -0.293 e. The Labute approximate surface area is 139 Å². The molecule has 3 rings (SSSR count). The number of amides is 1. The predicted octanol–water partition coefficient (Wildman–Crippen LogP) is 3.83. The number of anilines is 1. The van der Waals surface area contributed by atoms with Gasteiger partial charge in [-0.15, -0.1) is 0 Å². The van der Waals surface area contributed by atoms with E-state index in [4.69, 9.17) is 0 Å². The molecule has 0 unspecified atom stereocenters. The van der Waals surface area contributed by atoms with Crippen LogP contribution in [0, 0.1) is 11.7 Å². The molecule has 1 amide bonds. The van der Waals surface area contributed by atoms with Crippen LogP contribution in [0.1, 0.15) is 30.1 Å². The van der Waals surface area contributed by atoms with Crippen molar-refractivity contribution in [3.8, 4) is 0 Å². The van der Waals surface area contributed by atoms with Crippen molar-refractivity contribution >= 4 is 23.1 Å².